The highest BCUT2D eigenvalue weighted by Gasteiger charge is 2.23. The zero-order chi connectivity index (χ0) is 27.8. The van der Waals surface area contributed by atoms with E-state index in [2.05, 4.69) is 21.6 Å². The molecule has 1 aliphatic rings. The molecule has 0 aromatic heterocycles. The summed E-state index contributed by atoms with van der Waals surface area (Å²) in [6.45, 7) is 4.80. The smallest absolute Gasteiger partial charge is 0.326 e. The second-order valence-electron chi connectivity index (χ2n) is 9.64. The first-order valence-corrected chi connectivity index (χ1v) is 13.7. The maximum atomic E-state index is 13.4. The summed E-state index contributed by atoms with van der Waals surface area (Å²) in [6.07, 6.45) is 2.69. The minimum atomic E-state index is -0.264. The molecule has 1 aliphatic heterocycles. The quantitative estimate of drug-likeness (QED) is 0.288. The van der Waals surface area contributed by atoms with Crippen molar-refractivity contribution in [3.63, 3.8) is 0 Å². The maximum absolute atomic E-state index is 13.4. The number of urea groups is 1. The van der Waals surface area contributed by atoms with Crippen LogP contribution in [0.4, 0.5) is 16.2 Å². The molecule has 1 heterocycles. The van der Waals surface area contributed by atoms with E-state index in [0.29, 0.717) is 27.8 Å². The number of hydrogen-bond donors (Lipinski definition) is 2. The fourth-order valence-corrected chi connectivity index (χ4v) is 5.06. The lowest BCUT2D eigenvalue weighted by atomic mass is 10.0. The number of rotatable bonds is 9. The van der Waals surface area contributed by atoms with Gasteiger partial charge in [0.25, 0.3) is 0 Å². The van der Waals surface area contributed by atoms with Crippen molar-refractivity contribution in [2.24, 2.45) is 0 Å². The molecule has 3 amide bonds. The monoisotopic (exact) mass is 563 g/mol. The molecule has 39 heavy (non-hydrogen) atoms. The molecule has 9 heteroatoms. The number of nitrogens with zero attached hydrogens (tertiary/aromatic N) is 3. The van der Waals surface area contributed by atoms with Gasteiger partial charge < -0.3 is 15.5 Å². The number of likely N-dealkylation sites (tertiary alicyclic amines) is 1. The lowest BCUT2D eigenvalue weighted by Gasteiger charge is -2.24. The molecule has 7 nitrogen and oxygen atoms in total. The van der Waals surface area contributed by atoms with Crippen LogP contribution in [0.5, 0.6) is 0 Å². The van der Waals surface area contributed by atoms with Crippen LogP contribution in [0.3, 0.4) is 0 Å². The lowest BCUT2D eigenvalue weighted by Crippen LogP contribution is -2.37. The molecule has 3 aromatic carbocycles. The van der Waals surface area contributed by atoms with Gasteiger partial charge in [-0.2, -0.15) is 5.26 Å². The highest BCUT2D eigenvalue weighted by Crippen LogP contribution is 2.27. The molecule has 202 valence electrons. The number of halogens is 2. The van der Waals surface area contributed by atoms with Crippen molar-refractivity contribution >= 4 is 46.5 Å². The fraction of sp³-hybridized carbons (Fsp3) is 0.300. The zero-order valence-corrected chi connectivity index (χ0v) is 23.3. The van der Waals surface area contributed by atoms with E-state index in [1.807, 2.05) is 42.5 Å². The summed E-state index contributed by atoms with van der Waals surface area (Å²) >= 11 is 12.2. The van der Waals surface area contributed by atoms with Gasteiger partial charge in [-0.3, -0.25) is 9.69 Å². The molecule has 2 N–H and O–H groups in total. The van der Waals surface area contributed by atoms with Crippen molar-refractivity contribution in [2.75, 3.05) is 36.4 Å². The molecule has 0 radical (unpaired) electrons. The molecule has 1 fully saturated rings. The topological polar surface area (TPSA) is 88.5 Å². The Bertz CT molecular complexity index is 1360. The van der Waals surface area contributed by atoms with Crippen LogP contribution in [-0.4, -0.2) is 49.1 Å². The van der Waals surface area contributed by atoms with Gasteiger partial charge >= 0.3 is 6.03 Å². The predicted octanol–water partition coefficient (Wildman–Crippen LogP) is 6.56. The van der Waals surface area contributed by atoms with Gasteiger partial charge in [0.2, 0.25) is 5.91 Å². The number of carbonyl (C=O) groups excluding carboxylic acids is 2. The molecular weight excluding hydrogens is 533 g/mol. The molecule has 0 spiro atoms. The summed E-state index contributed by atoms with van der Waals surface area (Å²) in [5, 5.41) is 15.9. The van der Waals surface area contributed by atoms with Gasteiger partial charge in [0, 0.05) is 44.0 Å². The number of anilines is 2. The second-order valence-corrected chi connectivity index (χ2v) is 10.5. The molecule has 4 rings (SSSR count). The van der Waals surface area contributed by atoms with Crippen LogP contribution in [0.2, 0.25) is 10.0 Å². The zero-order valence-electron chi connectivity index (χ0n) is 21.8. The maximum Gasteiger partial charge on any atom is 0.326 e. The van der Waals surface area contributed by atoms with Crippen LogP contribution in [0.25, 0.3) is 11.1 Å². The standard InChI is InChI=1S/C30H31Cl2N5O2/c1-21(38)34-26-13-16-36(20-26)14-2-3-15-37(30(39)35-25-9-12-28(31)29(32)18-25)27-10-7-23(8-11-27)24-6-4-5-22(17-24)19-33/h4-12,17-18,26H,2-3,13-16,20H2,1H3,(H,34,38)(H,35,39)/t26-/m1/s1. The number of nitriles is 1. The van der Waals surface area contributed by atoms with E-state index in [1.54, 1.807) is 36.1 Å². The van der Waals surface area contributed by atoms with Gasteiger partial charge in [-0.15, -0.1) is 0 Å². The van der Waals surface area contributed by atoms with Crippen molar-refractivity contribution in [1.82, 2.24) is 10.2 Å². The number of hydrogen-bond acceptors (Lipinski definition) is 4. The van der Waals surface area contributed by atoms with E-state index in [4.69, 9.17) is 23.2 Å². The number of nitrogens with one attached hydrogen (secondary N) is 2. The van der Waals surface area contributed by atoms with E-state index in [-0.39, 0.29) is 18.0 Å². The third kappa shape index (κ3) is 7.96. The summed E-state index contributed by atoms with van der Waals surface area (Å²) in [7, 11) is 0. The molecule has 1 saturated heterocycles. The molecular formula is C30H31Cl2N5O2. The minimum Gasteiger partial charge on any atom is -0.352 e. The Kier molecular flexibility index (Phi) is 9.83. The molecule has 0 bridgehead atoms. The Morgan fingerprint density at radius 3 is 2.54 bits per heavy atom. The van der Waals surface area contributed by atoms with Gasteiger partial charge in [0.05, 0.1) is 21.7 Å². The number of unbranched alkanes of at least 4 members (excludes halogenated alkanes) is 1. The molecule has 3 aromatic rings. The van der Waals surface area contributed by atoms with Crippen LogP contribution in [-0.2, 0) is 4.79 Å². The van der Waals surface area contributed by atoms with Crippen molar-refractivity contribution in [2.45, 2.75) is 32.2 Å². The SMILES string of the molecule is CC(=O)N[C@@H]1CCN(CCCCN(C(=O)Nc2ccc(Cl)c(Cl)c2)c2ccc(-c3cccc(C#N)c3)cc2)C1. The van der Waals surface area contributed by atoms with E-state index >= 15 is 0 Å². The summed E-state index contributed by atoms with van der Waals surface area (Å²) in [5.41, 5.74) is 3.82. The van der Waals surface area contributed by atoms with Gasteiger partial charge in [0.15, 0.2) is 0 Å². The average molecular weight is 565 g/mol. The van der Waals surface area contributed by atoms with E-state index in [0.717, 1.165) is 55.7 Å². The highest BCUT2D eigenvalue weighted by molar-refractivity contribution is 6.42. The largest absolute Gasteiger partial charge is 0.352 e. The van der Waals surface area contributed by atoms with Gasteiger partial charge in [-0.05, 0) is 79.4 Å². The molecule has 0 unspecified atom stereocenters. The van der Waals surface area contributed by atoms with Crippen molar-refractivity contribution in [3.8, 4) is 17.2 Å². The fourth-order valence-electron chi connectivity index (χ4n) is 4.76. The van der Waals surface area contributed by atoms with Crippen molar-refractivity contribution in [1.29, 1.82) is 5.26 Å². The Hall–Kier alpha value is -3.57. The Morgan fingerprint density at radius 1 is 1.03 bits per heavy atom. The van der Waals surface area contributed by atoms with Crippen LogP contribution in [0, 0.1) is 11.3 Å². The summed E-state index contributed by atoms with van der Waals surface area (Å²) in [6, 6.07) is 22.3. The number of benzene rings is 3. The predicted molar refractivity (Wildman–Crippen MR) is 157 cm³/mol. The second kappa shape index (κ2) is 13.5. The van der Waals surface area contributed by atoms with Crippen LogP contribution >= 0.6 is 23.2 Å². The summed E-state index contributed by atoms with van der Waals surface area (Å²) < 4.78 is 0. The normalized spacial score (nSPS) is 15.0. The van der Waals surface area contributed by atoms with Gasteiger partial charge in [-0.25, -0.2) is 4.79 Å². The average Bonchev–Trinajstić information content (AvgIpc) is 3.37. The Labute approximate surface area is 239 Å². The summed E-state index contributed by atoms with van der Waals surface area (Å²) in [4.78, 5) is 28.8. The van der Waals surface area contributed by atoms with Crippen molar-refractivity contribution < 1.29 is 9.59 Å². The van der Waals surface area contributed by atoms with Crippen LogP contribution in [0.15, 0.2) is 66.7 Å². The lowest BCUT2D eigenvalue weighted by molar-refractivity contribution is -0.119. The number of amides is 3. The van der Waals surface area contributed by atoms with Gasteiger partial charge in [-0.1, -0.05) is 47.5 Å². The van der Waals surface area contributed by atoms with Crippen LogP contribution < -0.4 is 15.5 Å². The Balaban J connectivity index is 1.44. The Morgan fingerprint density at radius 2 is 1.82 bits per heavy atom. The number of carbonyl (C=O) groups is 2. The molecule has 0 saturated carbocycles. The first-order valence-electron chi connectivity index (χ1n) is 13.0. The molecule has 0 aliphatic carbocycles. The third-order valence-electron chi connectivity index (χ3n) is 6.71. The molecule has 1 atom stereocenters. The minimum absolute atomic E-state index is 0.00858. The third-order valence-corrected chi connectivity index (χ3v) is 7.44. The van der Waals surface area contributed by atoms with E-state index < -0.39 is 0 Å². The van der Waals surface area contributed by atoms with Gasteiger partial charge in [0.1, 0.15) is 0 Å². The van der Waals surface area contributed by atoms with Crippen molar-refractivity contribution in [3.05, 3.63) is 82.3 Å². The first kappa shape index (κ1) is 28.4. The van der Waals surface area contributed by atoms with Crippen LogP contribution in [0.1, 0.15) is 31.7 Å². The summed E-state index contributed by atoms with van der Waals surface area (Å²) in [5.74, 6) is 0.00858. The highest BCUT2D eigenvalue weighted by atomic mass is 35.5. The van der Waals surface area contributed by atoms with E-state index in [1.165, 1.54) is 0 Å². The van der Waals surface area contributed by atoms with E-state index in [9.17, 15) is 14.9 Å². The first-order chi connectivity index (χ1) is 18.8.